The molecule has 3 aromatic rings. The lowest BCUT2D eigenvalue weighted by Crippen LogP contribution is -2.18. The van der Waals surface area contributed by atoms with E-state index in [2.05, 4.69) is 15.5 Å². The van der Waals surface area contributed by atoms with Crippen LogP contribution in [-0.2, 0) is 11.3 Å². The Morgan fingerprint density at radius 2 is 1.88 bits per heavy atom. The number of benzene rings is 2. The fourth-order valence-corrected chi connectivity index (χ4v) is 2.94. The van der Waals surface area contributed by atoms with E-state index in [4.69, 9.17) is 4.74 Å². The number of aliphatic hydroxyl groups is 1. The third kappa shape index (κ3) is 4.85. The van der Waals surface area contributed by atoms with Crippen LogP contribution in [0.2, 0.25) is 0 Å². The van der Waals surface area contributed by atoms with Crippen LogP contribution in [0.4, 0.5) is 4.39 Å². The van der Waals surface area contributed by atoms with Gasteiger partial charge in [-0.05, 0) is 28.6 Å². The van der Waals surface area contributed by atoms with Gasteiger partial charge in [-0.15, -0.1) is 5.10 Å². The number of hydrogen-bond acceptors (Lipinski definition) is 6. The number of para-hydroxylation sites is 1. The predicted molar refractivity (Wildman–Crippen MR) is 91.9 cm³/mol. The highest BCUT2D eigenvalue weighted by atomic mass is 32.2. The van der Waals surface area contributed by atoms with Crippen molar-refractivity contribution in [3.05, 3.63) is 66.0 Å². The van der Waals surface area contributed by atoms with Crippen LogP contribution in [0.15, 0.2) is 59.8 Å². The maximum atomic E-state index is 13.5. The molecule has 0 aliphatic rings. The Hall–Kier alpha value is -2.29. The molecule has 1 atom stereocenters. The third-order valence-corrected chi connectivity index (χ3v) is 4.44. The quantitative estimate of drug-likeness (QED) is 0.622. The SMILES string of the molecule is O[C@@H](COCc1ccccc1F)CSc1nnnn1-c1ccccc1. The van der Waals surface area contributed by atoms with Gasteiger partial charge in [0.25, 0.3) is 0 Å². The molecule has 1 aromatic heterocycles. The number of thioether (sulfide) groups is 1. The zero-order chi connectivity index (χ0) is 17.5. The summed E-state index contributed by atoms with van der Waals surface area (Å²) in [6, 6.07) is 15.9. The number of rotatable bonds is 8. The van der Waals surface area contributed by atoms with Crippen molar-refractivity contribution in [1.82, 2.24) is 20.2 Å². The van der Waals surface area contributed by atoms with Crippen LogP contribution in [0.25, 0.3) is 5.69 Å². The number of ether oxygens (including phenoxy) is 1. The minimum absolute atomic E-state index is 0.105. The van der Waals surface area contributed by atoms with E-state index < -0.39 is 6.10 Å². The van der Waals surface area contributed by atoms with Gasteiger partial charge >= 0.3 is 0 Å². The van der Waals surface area contributed by atoms with Crippen LogP contribution in [0.5, 0.6) is 0 Å². The van der Waals surface area contributed by atoms with Gasteiger partial charge in [0.2, 0.25) is 5.16 Å². The van der Waals surface area contributed by atoms with Gasteiger partial charge in [-0.1, -0.05) is 48.2 Å². The lowest BCUT2D eigenvalue weighted by molar-refractivity contribution is 0.0386. The molecule has 1 N–H and O–H groups in total. The second-order valence-electron chi connectivity index (χ2n) is 5.28. The zero-order valence-electron chi connectivity index (χ0n) is 13.3. The molecule has 0 radical (unpaired) electrons. The van der Waals surface area contributed by atoms with Crippen LogP contribution in [-0.4, -0.2) is 43.8 Å². The molecular weight excluding hydrogens is 343 g/mol. The molecule has 0 bridgehead atoms. The summed E-state index contributed by atoms with van der Waals surface area (Å²) in [5, 5.41) is 22.2. The van der Waals surface area contributed by atoms with Gasteiger partial charge in [0.05, 0.1) is 25.0 Å². The van der Waals surface area contributed by atoms with Crippen LogP contribution in [0.3, 0.4) is 0 Å². The maximum absolute atomic E-state index is 13.5. The summed E-state index contributed by atoms with van der Waals surface area (Å²) in [7, 11) is 0. The molecule has 1 heterocycles. The highest BCUT2D eigenvalue weighted by Gasteiger charge is 2.12. The van der Waals surface area contributed by atoms with Crippen molar-refractivity contribution in [2.75, 3.05) is 12.4 Å². The van der Waals surface area contributed by atoms with Gasteiger partial charge in [-0.2, -0.15) is 4.68 Å². The van der Waals surface area contributed by atoms with Crippen LogP contribution in [0.1, 0.15) is 5.56 Å². The van der Waals surface area contributed by atoms with Crippen molar-refractivity contribution < 1.29 is 14.2 Å². The molecule has 6 nitrogen and oxygen atoms in total. The average molecular weight is 360 g/mol. The van der Waals surface area contributed by atoms with Gasteiger partial charge in [-0.25, -0.2) is 4.39 Å². The van der Waals surface area contributed by atoms with E-state index >= 15 is 0 Å². The summed E-state index contributed by atoms with van der Waals surface area (Å²) in [5.74, 6) is 0.0539. The standard InChI is InChI=1S/C17H17FN4O2S/c18-16-9-5-4-6-13(16)10-24-11-15(23)12-25-17-19-20-21-22(17)14-7-2-1-3-8-14/h1-9,15,23H,10-12H2/t15-/m0/s1. The van der Waals surface area contributed by atoms with E-state index in [0.717, 1.165) is 5.69 Å². The van der Waals surface area contributed by atoms with E-state index in [1.165, 1.54) is 17.8 Å². The van der Waals surface area contributed by atoms with E-state index in [1.807, 2.05) is 30.3 Å². The Kier molecular flexibility index (Phi) is 6.10. The highest BCUT2D eigenvalue weighted by molar-refractivity contribution is 7.99. The Morgan fingerprint density at radius 1 is 1.12 bits per heavy atom. The van der Waals surface area contributed by atoms with Crippen molar-refractivity contribution in [2.45, 2.75) is 17.9 Å². The molecular formula is C17H17FN4O2S. The first-order valence-corrected chi connectivity index (χ1v) is 8.68. The molecule has 0 fully saturated rings. The molecule has 25 heavy (non-hydrogen) atoms. The minimum Gasteiger partial charge on any atom is -0.390 e. The number of aliphatic hydroxyl groups excluding tert-OH is 1. The summed E-state index contributed by atoms with van der Waals surface area (Å²) in [6.45, 7) is 0.227. The molecule has 0 amide bonds. The Bertz CT molecular complexity index is 800. The first kappa shape index (κ1) is 17.5. The number of tetrazole rings is 1. The van der Waals surface area contributed by atoms with Gasteiger partial charge in [0.1, 0.15) is 5.82 Å². The fraction of sp³-hybridized carbons (Fsp3) is 0.235. The van der Waals surface area contributed by atoms with Crippen molar-refractivity contribution >= 4 is 11.8 Å². The topological polar surface area (TPSA) is 73.1 Å². The highest BCUT2D eigenvalue weighted by Crippen LogP contribution is 2.19. The lowest BCUT2D eigenvalue weighted by atomic mass is 10.2. The Balaban J connectivity index is 1.48. The molecule has 0 aliphatic carbocycles. The van der Waals surface area contributed by atoms with Gasteiger partial charge in [0.15, 0.2) is 0 Å². The molecule has 130 valence electrons. The van der Waals surface area contributed by atoms with Gasteiger partial charge < -0.3 is 9.84 Å². The smallest absolute Gasteiger partial charge is 0.214 e. The second-order valence-corrected chi connectivity index (χ2v) is 6.27. The molecule has 0 unspecified atom stereocenters. The largest absolute Gasteiger partial charge is 0.390 e. The van der Waals surface area contributed by atoms with E-state index in [1.54, 1.807) is 22.9 Å². The van der Waals surface area contributed by atoms with E-state index in [9.17, 15) is 9.50 Å². The number of aromatic nitrogens is 4. The predicted octanol–water partition coefficient (Wildman–Crippen LogP) is 2.47. The number of halogens is 1. The molecule has 0 saturated carbocycles. The molecule has 0 saturated heterocycles. The maximum Gasteiger partial charge on any atom is 0.214 e. The normalized spacial score (nSPS) is 12.2. The van der Waals surface area contributed by atoms with E-state index in [-0.39, 0.29) is 19.0 Å². The van der Waals surface area contributed by atoms with Crippen molar-refractivity contribution in [3.63, 3.8) is 0 Å². The van der Waals surface area contributed by atoms with Crippen LogP contribution in [0, 0.1) is 5.82 Å². The number of nitrogens with zero attached hydrogens (tertiary/aromatic N) is 4. The number of hydrogen-bond donors (Lipinski definition) is 1. The minimum atomic E-state index is -0.710. The van der Waals surface area contributed by atoms with Crippen molar-refractivity contribution in [3.8, 4) is 5.69 Å². The Labute approximate surface area is 148 Å². The van der Waals surface area contributed by atoms with Crippen LogP contribution < -0.4 is 0 Å². The fourth-order valence-electron chi connectivity index (χ4n) is 2.14. The molecule has 8 heteroatoms. The second kappa shape index (κ2) is 8.70. The summed E-state index contributed by atoms with van der Waals surface area (Å²) < 4.78 is 20.5. The van der Waals surface area contributed by atoms with Crippen LogP contribution >= 0.6 is 11.8 Å². The van der Waals surface area contributed by atoms with Gasteiger partial charge in [0, 0.05) is 11.3 Å². The van der Waals surface area contributed by atoms with Crippen molar-refractivity contribution in [2.24, 2.45) is 0 Å². The molecule has 2 aromatic carbocycles. The first-order chi connectivity index (χ1) is 12.2. The summed E-state index contributed by atoms with van der Waals surface area (Å²) in [6.07, 6.45) is -0.710. The monoisotopic (exact) mass is 360 g/mol. The van der Waals surface area contributed by atoms with Crippen molar-refractivity contribution in [1.29, 1.82) is 0 Å². The molecule has 0 spiro atoms. The molecule has 3 rings (SSSR count). The summed E-state index contributed by atoms with van der Waals surface area (Å²) in [4.78, 5) is 0. The third-order valence-electron chi connectivity index (χ3n) is 3.37. The first-order valence-electron chi connectivity index (χ1n) is 7.70. The van der Waals surface area contributed by atoms with Gasteiger partial charge in [-0.3, -0.25) is 0 Å². The summed E-state index contributed by atoms with van der Waals surface area (Å²) in [5.41, 5.74) is 1.32. The lowest BCUT2D eigenvalue weighted by Gasteiger charge is -2.11. The Morgan fingerprint density at radius 3 is 2.68 bits per heavy atom. The average Bonchev–Trinajstić information content (AvgIpc) is 3.11. The molecule has 0 aliphatic heterocycles. The summed E-state index contributed by atoms with van der Waals surface area (Å²) >= 11 is 1.33. The zero-order valence-corrected chi connectivity index (χ0v) is 14.1. The van der Waals surface area contributed by atoms with E-state index in [0.29, 0.717) is 16.5 Å².